The topological polar surface area (TPSA) is 69.8 Å². The summed E-state index contributed by atoms with van der Waals surface area (Å²) < 4.78 is 37.2. The third-order valence-electron chi connectivity index (χ3n) is 4.58. The van der Waals surface area contributed by atoms with Crippen molar-refractivity contribution in [2.75, 3.05) is 33.7 Å². The minimum atomic E-state index is -5.08. The summed E-state index contributed by atoms with van der Waals surface area (Å²) in [5.74, 6) is -1.06. The van der Waals surface area contributed by atoms with Crippen molar-refractivity contribution in [2.24, 2.45) is 5.92 Å². The standard InChI is InChI=1S/C18H25N3O.C2HF3O2/c1-20(2)13-15-8-10-21(11-9-15)14-17-12-18(22-19-17)16-6-4-3-5-7-16;3-2(4,5)1(6)7/h3-7,12,15H,8-11,13-14H2,1-2H3;(H,6,7). The van der Waals surface area contributed by atoms with Crippen LogP contribution in [0.1, 0.15) is 18.5 Å². The van der Waals surface area contributed by atoms with E-state index in [9.17, 15) is 13.2 Å². The smallest absolute Gasteiger partial charge is 0.475 e. The number of rotatable bonds is 5. The number of nitrogens with zero attached hydrogens (tertiary/aromatic N) is 3. The van der Waals surface area contributed by atoms with Crippen LogP contribution in [0.4, 0.5) is 13.2 Å². The first-order valence-electron chi connectivity index (χ1n) is 9.33. The lowest BCUT2D eigenvalue weighted by Crippen LogP contribution is -2.36. The third kappa shape index (κ3) is 7.86. The zero-order chi connectivity index (χ0) is 21.4. The Labute approximate surface area is 167 Å². The van der Waals surface area contributed by atoms with E-state index in [-0.39, 0.29) is 0 Å². The van der Waals surface area contributed by atoms with Gasteiger partial charge in [0.2, 0.25) is 0 Å². The number of hydrogen-bond donors (Lipinski definition) is 1. The second-order valence-electron chi connectivity index (χ2n) is 7.33. The number of aliphatic carboxylic acids is 1. The number of carboxylic acid groups (broad SMARTS) is 1. The van der Waals surface area contributed by atoms with Crippen LogP contribution in [0.3, 0.4) is 0 Å². The van der Waals surface area contributed by atoms with Gasteiger partial charge in [-0.1, -0.05) is 35.5 Å². The van der Waals surface area contributed by atoms with E-state index >= 15 is 0 Å². The van der Waals surface area contributed by atoms with Crippen LogP contribution in [-0.4, -0.2) is 65.9 Å². The fourth-order valence-corrected chi connectivity index (χ4v) is 3.20. The number of alkyl halides is 3. The number of likely N-dealkylation sites (tertiary alicyclic amines) is 1. The quantitative estimate of drug-likeness (QED) is 0.805. The predicted molar refractivity (Wildman–Crippen MR) is 102 cm³/mol. The Morgan fingerprint density at radius 3 is 2.34 bits per heavy atom. The summed E-state index contributed by atoms with van der Waals surface area (Å²) >= 11 is 0. The van der Waals surface area contributed by atoms with Crippen LogP contribution in [-0.2, 0) is 11.3 Å². The molecule has 2 aromatic rings. The molecule has 0 radical (unpaired) electrons. The minimum Gasteiger partial charge on any atom is -0.475 e. The Balaban J connectivity index is 0.000000370. The van der Waals surface area contributed by atoms with Crippen LogP contribution >= 0.6 is 0 Å². The van der Waals surface area contributed by atoms with Gasteiger partial charge in [0.05, 0.1) is 5.69 Å². The first kappa shape index (κ1) is 22.9. The third-order valence-corrected chi connectivity index (χ3v) is 4.58. The van der Waals surface area contributed by atoms with E-state index < -0.39 is 12.1 Å². The van der Waals surface area contributed by atoms with E-state index in [0.29, 0.717) is 0 Å². The number of aromatic nitrogens is 1. The van der Waals surface area contributed by atoms with Crippen molar-refractivity contribution >= 4 is 5.97 Å². The van der Waals surface area contributed by atoms with Gasteiger partial charge in [-0.2, -0.15) is 13.2 Å². The first-order valence-corrected chi connectivity index (χ1v) is 9.33. The van der Waals surface area contributed by atoms with Gasteiger partial charge in [-0.15, -0.1) is 0 Å². The molecule has 2 heterocycles. The van der Waals surface area contributed by atoms with Gasteiger partial charge in [-0.05, 0) is 45.9 Å². The lowest BCUT2D eigenvalue weighted by atomic mass is 9.96. The van der Waals surface area contributed by atoms with E-state index in [4.69, 9.17) is 14.4 Å². The van der Waals surface area contributed by atoms with E-state index in [1.807, 2.05) is 18.2 Å². The van der Waals surface area contributed by atoms with Crippen LogP contribution in [0, 0.1) is 5.92 Å². The molecule has 6 nitrogen and oxygen atoms in total. The number of benzene rings is 1. The summed E-state index contributed by atoms with van der Waals surface area (Å²) in [6.45, 7) is 4.42. The SMILES string of the molecule is CN(C)CC1CCN(Cc2cc(-c3ccccc3)on2)CC1.O=C(O)C(F)(F)F. The molecule has 0 aliphatic carbocycles. The number of carboxylic acids is 1. The maximum Gasteiger partial charge on any atom is 0.490 e. The molecule has 1 saturated heterocycles. The van der Waals surface area contributed by atoms with E-state index in [1.54, 1.807) is 0 Å². The summed E-state index contributed by atoms with van der Waals surface area (Å²) in [6, 6.07) is 12.2. The second-order valence-corrected chi connectivity index (χ2v) is 7.33. The molecule has 1 aliphatic rings. The summed E-state index contributed by atoms with van der Waals surface area (Å²) in [5.41, 5.74) is 2.12. The fourth-order valence-electron chi connectivity index (χ4n) is 3.20. The highest BCUT2D eigenvalue weighted by Gasteiger charge is 2.38. The van der Waals surface area contributed by atoms with Gasteiger partial charge in [0.15, 0.2) is 5.76 Å². The molecule has 3 rings (SSSR count). The van der Waals surface area contributed by atoms with Gasteiger partial charge < -0.3 is 14.5 Å². The average molecular weight is 413 g/mol. The summed E-state index contributed by atoms with van der Waals surface area (Å²) in [6.07, 6.45) is -2.52. The van der Waals surface area contributed by atoms with Gasteiger partial charge in [0.1, 0.15) is 0 Å². The average Bonchev–Trinajstić information content (AvgIpc) is 3.12. The van der Waals surface area contributed by atoms with Crippen molar-refractivity contribution in [3.63, 3.8) is 0 Å². The number of piperidine rings is 1. The van der Waals surface area contributed by atoms with E-state index in [0.717, 1.165) is 42.6 Å². The van der Waals surface area contributed by atoms with E-state index in [2.05, 4.69) is 47.3 Å². The zero-order valence-corrected chi connectivity index (χ0v) is 16.5. The van der Waals surface area contributed by atoms with Crippen molar-refractivity contribution in [2.45, 2.75) is 25.6 Å². The van der Waals surface area contributed by atoms with Gasteiger partial charge in [-0.3, -0.25) is 4.90 Å². The maximum absolute atomic E-state index is 10.6. The summed E-state index contributed by atoms with van der Waals surface area (Å²) in [5, 5.41) is 11.4. The van der Waals surface area contributed by atoms with Crippen LogP contribution in [0.2, 0.25) is 0 Å². The molecule has 0 atom stereocenters. The van der Waals surface area contributed by atoms with Crippen molar-refractivity contribution in [3.05, 3.63) is 42.1 Å². The molecule has 1 aromatic heterocycles. The molecule has 0 saturated carbocycles. The zero-order valence-electron chi connectivity index (χ0n) is 16.5. The van der Waals surface area contributed by atoms with Crippen molar-refractivity contribution in [1.82, 2.24) is 15.0 Å². The monoisotopic (exact) mass is 413 g/mol. The molecule has 0 spiro atoms. The molecule has 1 N–H and O–H groups in total. The molecule has 0 bridgehead atoms. The van der Waals surface area contributed by atoms with E-state index in [1.165, 1.54) is 19.4 Å². The minimum absolute atomic E-state index is 0.837. The van der Waals surface area contributed by atoms with Crippen LogP contribution in [0.25, 0.3) is 11.3 Å². The Bertz CT molecular complexity index is 755. The fraction of sp³-hybridized carbons (Fsp3) is 0.500. The molecule has 1 aliphatic heterocycles. The maximum atomic E-state index is 10.6. The van der Waals surface area contributed by atoms with Crippen LogP contribution in [0.15, 0.2) is 40.9 Å². The lowest BCUT2D eigenvalue weighted by molar-refractivity contribution is -0.192. The molecule has 1 fully saturated rings. The number of carbonyl (C=O) groups is 1. The van der Waals surface area contributed by atoms with Gasteiger partial charge in [0.25, 0.3) is 0 Å². The van der Waals surface area contributed by atoms with Gasteiger partial charge in [-0.25, -0.2) is 4.79 Å². The Morgan fingerprint density at radius 1 is 1.24 bits per heavy atom. The van der Waals surface area contributed by atoms with Crippen LogP contribution < -0.4 is 0 Å². The molecule has 1 aromatic carbocycles. The number of hydrogen-bond acceptors (Lipinski definition) is 5. The van der Waals surface area contributed by atoms with Crippen LogP contribution in [0.5, 0.6) is 0 Å². The second kappa shape index (κ2) is 10.4. The molecule has 9 heteroatoms. The number of halogens is 3. The molecule has 0 unspecified atom stereocenters. The molecule has 29 heavy (non-hydrogen) atoms. The molecule has 160 valence electrons. The first-order chi connectivity index (χ1) is 13.6. The molecular weight excluding hydrogens is 387 g/mol. The van der Waals surface area contributed by atoms with Crippen molar-refractivity contribution in [3.8, 4) is 11.3 Å². The van der Waals surface area contributed by atoms with Crippen molar-refractivity contribution < 1.29 is 27.6 Å². The van der Waals surface area contributed by atoms with Crippen molar-refractivity contribution in [1.29, 1.82) is 0 Å². The highest BCUT2D eigenvalue weighted by molar-refractivity contribution is 5.73. The highest BCUT2D eigenvalue weighted by Crippen LogP contribution is 2.23. The predicted octanol–water partition coefficient (Wildman–Crippen LogP) is 3.75. The molecular formula is C20H26F3N3O3. The largest absolute Gasteiger partial charge is 0.490 e. The van der Waals surface area contributed by atoms with Gasteiger partial charge >= 0.3 is 12.1 Å². The molecule has 0 amide bonds. The Kier molecular flexibility index (Phi) is 8.21. The highest BCUT2D eigenvalue weighted by atomic mass is 19.4. The lowest BCUT2D eigenvalue weighted by Gasteiger charge is -2.32. The Hall–Kier alpha value is -2.39. The van der Waals surface area contributed by atoms with Gasteiger partial charge in [0, 0.05) is 24.7 Å². The summed E-state index contributed by atoms with van der Waals surface area (Å²) in [4.78, 5) is 13.7. The normalized spacial score (nSPS) is 15.8. The Morgan fingerprint density at radius 2 is 1.83 bits per heavy atom. The summed E-state index contributed by atoms with van der Waals surface area (Å²) in [7, 11) is 4.32.